The Morgan fingerprint density at radius 3 is 2.62 bits per heavy atom. The third-order valence-corrected chi connectivity index (χ3v) is 6.53. The summed E-state index contributed by atoms with van der Waals surface area (Å²) in [5.74, 6) is 1.60. The number of benzene rings is 2. The van der Waals surface area contributed by atoms with E-state index in [0.717, 1.165) is 43.8 Å². The van der Waals surface area contributed by atoms with Crippen molar-refractivity contribution in [2.24, 2.45) is 0 Å². The molecule has 0 aliphatic rings. The molecule has 222 valence electrons. The van der Waals surface area contributed by atoms with Crippen LogP contribution in [0.2, 0.25) is 0 Å². The summed E-state index contributed by atoms with van der Waals surface area (Å²) in [6.07, 6.45) is 5.09. The molecular weight excluding hydrogens is 549 g/mol. The van der Waals surface area contributed by atoms with Crippen molar-refractivity contribution >= 4 is 12.2 Å². The molecule has 0 unspecified atom stereocenters. The van der Waals surface area contributed by atoms with Gasteiger partial charge in [0.1, 0.15) is 36.7 Å². The van der Waals surface area contributed by atoms with E-state index < -0.39 is 11.7 Å². The number of hydrogen-bond acceptors (Lipinski definition) is 6. The van der Waals surface area contributed by atoms with Crippen molar-refractivity contribution < 1.29 is 31.9 Å². The highest BCUT2D eigenvalue weighted by atomic mass is 19.4. The minimum Gasteiger partial charge on any atom is -0.487 e. The van der Waals surface area contributed by atoms with Gasteiger partial charge in [-0.2, -0.15) is 13.2 Å². The Kier molecular flexibility index (Phi) is 10.1. The van der Waals surface area contributed by atoms with Gasteiger partial charge in [-0.3, -0.25) is 0 Å². The van der Waals surface area contributed by atoms with E-state index in [4.69, 9.17) is 13.9 Å². The van der Waals surface area contributed by atoms with E-state index in [1.807, 2.05) is 30.5 Å². The summed E-state index contributed by atoms with van der Waals surface area (Å²) >= 11 is 0. The molecule has 42 heavy (non-hydrogen) atoms. The van der Waals surface area contributed by atoms with Crippen LogP contribution in [0.25, 0.3) is 17.5 Å². The molecule has 0 radical (unpaired) electrons. The van der Waals surface area contributed by atoms with Gasteiger partial charge in [-0.05, 0) is 54.7 Å². The molecular formula is C31H33F3N4O4. The molecule has 1 amide bonds. The number of unbranched alkanes of at least 4 members (excludes halogenated alkanes) is 1. The van der Waals surface area contributed by atoms with Gasteiger partial charge in [-0.25, -0.2) is 14.8 Å². The number of aromatic nitrogens is 3. The van der Waals surface area contributed by atoms with Gasteiger partial charge in [0.2, 0.25) is 5.89 Å². The van der Waals surface area contributed by atoms with Crippen LogP contribution in [-0.4, -0.2) is 46.2 Å². The molecule has 0 spiro atoms. The summed E-state index contributed by atoms with van der Waals surface area (Å²) in [7, 11) is 3.29. The third kappa shape index (κ3) is 8.25. The van der Waals surface area contributed by atoms with E-state index in [1.54, 1.807) is 20.3 Å². The molecule has 0 fully saturated rings. The number of hydrogen-bond donors (Lipinski definition) is 0. The maximum absolute atomic E-state index is 13.2. The fourth-order valence-corrected chi connectivity index (χ4v) is 4.24. The van der Waals surface area contributed by atoms with E-state index in [-0.39, 0.29) is 30.8 Å². The van der Waals surface area contributed by atoms with Crippen molar-refractivity contribution in [2.45, 2.75) is 45.0 Å². The number of oxazole rings is 1. The molecule has 0 aliphatic heterocycles. The van der Waals surface area contributed by atoms with Crippen LogP contribution in [0.15, 0.2) is 72.1 Å². The topological polar surface area (TPSA) is 82.6 Å². The number of aryl methyl sites for hydroxylation is 2. The Bertz CT molecular complexity index is 1480. The van der Waals surface area contributed by atoms with Gasteiger partial charge >= 0.3 is 12.3 Å². The quantitative estimate of drug-likeness (QED) is 0.157. The highest BCUT2D eigenvalue weighted by Gasteiger charge is 2.31. The van der Waals surface area contributed by atoms with Gasteiger partial charge in [0, 0.05) is 45.0 Å². The number of amides is 1. The molecule has 0 bridgehead atoms. The van der Waals surface area contributed by atoms with Crippen LogP contribution in [0.1, 0.15) is 41.1 Å². The molecule has 4 aromatic rings. The predicted octanol–water partition coefficient (Wildman–Crippen LogP) is 7.04. The van der Waals surface area contributed by atoms with Crippen LogP contribution in [0.4, 0.5) is 18.0 Å². The molecule has 11 heteroatoms. The van der Waals surface area contributed by atoms with Crippen molar-refractivity contribution in [1.29, 1.82) is 0 Å². The summed E-state index contributed by atoms with van der Waals surface area (Å²) < 4.78 is 58.1. The number of carbonyl (C=O) groups excluding carboxylic acids is 1. The lowest BCUT2D eigenvalue weighted by atomic mass is 10.0. The number of imidazole rings is 1. The van der Waals surface area contributed by atoms with E-state index in [1.165, 1.54) is 28.9 Å². The Balaban J connectivity index is 1.23. The fraction of sp³-hybridized carbons (Fsp3) is 0.323. The van der Waals surface area contributed by atoms with Crippen molar-refractivity contribution in [2.75, 3.05) is 20.7 Å². The average molecular weight is 583 g/mol. The van der Waals surface area contributed by atoms with Gasteiger partial charge < -0.3 is 23.4 Å². The van der Waals surface area contributed by atoms with Crippen molar-refractivity contribution in [1.82, 2.24) is 19.4 Å². The zero-order valence-corrected chi connectivity index (χ0v) is 23.6. The molecule has 2 aromatic carbocycles. The molecule has 8 nitrogen and oxygen atoms in total. The van der Waals surface area contributed by atoms with E-state index in [2.05, 4.69) is 21.1 Å². The molecule has 2 heterocycles. The Morgan fingerprint density at radius 2 is 1.90 bits per heavy atom. The van der Waals surface area contributed by atoms with Gasteiger partial charge in [0.05, 0.1) is 5.56 Å². The van der Waals surface area contributed by atoms with E-state index in [0.29, 0.717) is 23.4 Å². The number of halogens is 3. The summed E-state index contributed by atoms with van der Waals surface area (Å²) in [6.45, 7) is 4.88. The second-order valence-electron chi connectivity index (χ2n) is 9.83. The second-order valence-corrected chi connectivity index (χ2v) is 9.83. The van der Waals surface area contributed by atoms with Crippen LogP contribution >= 0.6 is 0 Å². The normalized spacial score (nSPS) is 11.4. The Hall–Kier alpha value is -4.54. The molecule has 4 rings (SSSR count). The third-order valence-electron chi connectivity index (χ3n) is 6.53. The monoisotopic (exact) mass is 582 g/mol. The standard InChI is InChI=1S/C31H33F3N4O4/c1-4-23-10-11-24(31(32,33)34)19-27(23)29-36-25(21-42-29)20-41-26-12-8-22(9-13-26)7-5-6-16-38-17-15-35-28(38)14-18-40-30(39)37(2)3/h4,8-13,15,17,19,21H,1,5-7,14,16,18,20H2,2-3H3. The van der Waals surface area contributed by atoms with Crippen LogP contribution in [0.3, 0.4) is 0 Å². The Morgan fingerprint density at radius 1 is 1.12 bits per heavy atom. The molecule has 0 N–H and O–H groups in total. The first-order chi connectivity index (χ1) is 20.1. The molecule has 2 aromatic heterocycles. The number of ether oxygens (including phenoxy) is 2. The molecule has 0 saturated carbocycles. The van der Waals surface area contributed by atoms with Gasteiger partial charge in [-0.15, -0.1) is 0 Å². The molecule has 0 atom stereocenters. The highest BCUT2D eigenvalue weighted by molar-refractivity contribution is 5.70. The smallest absolute Gasteiger partial charge is 0.416 e. The Labute approximate surface area is 242 Å². The van der Waals surface area contributed by atoms with Gasteiger partial charge in [0.25, 0.3) is 0 Å². The molecule has 0 aliphatic carbocycles. The maximum atomic E-state index is 13.2. The van der Waals surface area contributed by atoms with Crippen LogP contribution in [0, 0.1) is 0 Å². The van der Waals surface area contributed by atoms with Crippen molar-refractivity contribution in [3.63, 3.8) is 0 Å². The summed E-state index contributed by atoms with van der Waals surface area (Å²) in [6, 6.07) is 11.1. The first kappa shape index (κ1) is 30.4. The van der Waals surface area contributed by atoms with Crippen LogP contribution < -0.4 is 4.74 Å². The van der Waals surface area contributed by atoms with Crippen LogP contribution in [-0.2, 0) is 36.9 Å². The highest BCUT2D eigenvalue weighted by Crippen LogP contribution is 2.34. The second kappa shape index (κ2) is 13.9. The van der Waals surface area contributed by atoms with Gasteiger partial charge in [-0.1, -0.05) is 30.9 Å². The van der Waals surface area contributed by atoms with Gasteiger partial charge in [0.15, 0.2) is 0 Å². The largest absolute Gasteiger partial charge is 0.487 e. The SMILES string of the molecule is C=Cc1ccc(C(F)(F)F)cc1-c1nc(COc2ccc(CCCCn3ccnc3CCOC(=O)N(C)C)cc2)co1. The predicted molar refractivity (Wildman–Crippen MR) is 152 cm³/mol. The number of alkyl halides is 3. The minimum absolute atomic E-state index is 0.0699. The summed E-state index contributed by atoms with van der Waals surface area (Å²) in [5, 5.41) is 0. The summed E-state index contributed by atoms with van der Waals surface area (Å²) in [5.41, 5.74) is 1.54. The van der Waals surface area contributed by atoms with Crippen molar-refractivity contribution in [3.05, 3.63) is 95.9 Å². The van der Waals surface area contributed by atoms with E-state index >= 15 is 0 Å². The minimum atomic E-state index is -4.48. The number of carbonyl (C=O) groups is 1. The average Bonchev–Trinajstić information content (AvgIpc) is 3.63. The lowest BCUT2D eigenvalue weighted by Gasteiger charge is -2.12. The lowest BCUT2D eigenvalue weighted by molar-refractivity contribution is -0.137. The van der Waals surface area contributed by atoms with Crippen LogP contribution in [0.5, 0.6) is 5.75 Å². The zero-order valence-electron chi connectivity index (χ0n) is 23.6. The first-order valence-electron chi connectivity index (χ1n) is 13.5. The van der Waals surface area contributed by atoms with E-state index in [9.17, 15) is 18.0 Å². The number of nitrogens with zero attached hydrogens (tertiary/aromatic N) is 4. The maximum Gasteiger partial charge on any atom is 0.416 e. The summed E-state index contributed by atoms with van der Waals surface area (Å²) in [4.78, 5) is 21.6. The molecule has 0 saturated heterocycles. The lowest BCUT2D eigenvalue weighted by Crippen LogP contribution is -2.24. The fourth-order valence-electron chi connectivity index (χ4n) is 4.24. The van der Waals surface area contributed by atoms with Crippen molar-refractivity contribution in [3.8, 4) is 17.2 Å². The number of rotatable bonds is 13. The zero-order chi connectivity index (χ0) is 30.1. The first-order valence-corrected chi connectivity index (χ1v) is 13.5.